The second kappa shape index (κ2) is 14.5. The van der Waals surface area contributed by atoms with Crippen LogP contribution in [-0.4, -0.2) is 78.4 Å². The van der Waals surface area contributed by atoms with Crippen LogP contribution in [0, 0.1) is 0 Å². The molecule has 5 rings (SSSR count). The first-order valence-electron chi connectivity index (χ1n) is 15.5. The van der Waals surface area contributed by atoms with Crippen LogP contribution in [-0.2, 0) is 22.6 Å². The van der Waals surface area contributed by atoms with Gasteiger partial charge >= 0.3 is 12.2 Å². The summed E-state index contributed by atoms with van der Waals surface area (Å²) in [6, 6.07) is 26.7. The lowest BCUT2D eigenvalue weighted by molar-refractivity contribution is 0.0166. The molecule has 1 aliphatic heterocycles. The van der Waals surface area contributed by atoms with Crippen LogP contribution in [0.2, 0.25) is 0 Å². The van der Waals surface area contributed by atoms with Crippen molar-refractivity contribution in [2.75, 3.05) is 45.9 Å². The molecule has 0 unspecified atom stereocenters. The maximum absolute atomic E-state index is 13.3. The van der Waals surface area contributed by atoms with Crippen molar-refractivity contribution in [2.45, 2.75) is 39.5 Å². The predicted octanol–water partition coefficient (Wildman–Crippen LogP) is 7.25. The lowest BCUT2D eigenvalue weighted by Crippen LogP contribution is -2.48. The third kappa shape index (κ3) is 8.54. The number of carbonyl (C=O) groups excluding carboxylic acids is 2. The second-order valence-electron chi connectivity index (χ2n) is 12.3. The first-order chi connectivity index (χ1) is 21.7. The van der Waals surface area contributed by atoms with Crippen molar-refractivity contribution in [3.63, 3.8) is 0 Å². The molecule has 0 saturated carbocycles. The summed E-state index contributed by atoms with van der Waals surface area (Å²) in [6.45, 7) is 13.8. The maximum atomic E-state index is 13.3. The van der Waals surface area contributed by atoms with Gasteiger partial charge in [0.25, 0.3) is 0 Å². The highest BCUT2D eigenvalue weighted by molar-refractivity contribution is 6.09. The molecule has 0 radical (unpaired) electrons. The monoisotopic (exact) mass is 609 g/mol. The molecule has 0 spiro atoms. The Morgan fingerprint density at radius 1 is 0.889 bits per heavy atom. The molecule has 4 aromatic rings. The van der Waals surface area contributed by atoms with Crippen LogP contribution in [0.25, 0.3) is 21.5 Å². The van der Waals surface area contributed by atoms with Crippen LogP contribution in [0.3, 0.4) is 0 Å². The Labute approximate surface area is 265 Å². The minimum absolute atomic E-state index is 0.0735. The normalized spacial score (nSPS) is 13.9. The fourth-order valence-electron chi connectivity index (χ4n) is 5.56. The molecule has 1 heterocycles. The number of rotatable bonds is 10. The average molecular weight is 610 g/mol. The number of piperazine rings is 1. The number of amides is 2. The smallest absolute Gasteiger partial charge is 0.410 e. The summed E-state index contributed by atoms with van der Waals surface area (Å²) >= 11 is 0. The molecule has 45 heavy (non-hydrogen) atoms. The van der Waals surface area contributed by atoms with Gasteiger partial charge in [-0.15, -0.1) is 0 Å². The molecule has 236 valence electrons. The zero-order valence-corrected chi connectivity index (χ0v) is 26.5. The van der Waals surface area contributed by atoms with Gasteiger partial charge in [-0.05, 0) is 71.6 Å². The molecule has 0 aliphatic carbocycles. The Kier molecular flexibility index (Phi) is 10.2. The lowest BCUT2D eigenvalue weighted by atomic mass is 9.97. The fourth-order valence-corrected chi connectivity index (χ4v) is 5.56. The molecule has 4 aromatic carbocycles. The Bertz CT molecular complexity index is 1620. The first-order valence-corrected chi connectivity index (χ1v) is 15.5. The Balaban J connectivity index is 1.18. The van der Waals surface area contributed by atoms with Gasteiger partial charge in [-0.1, -0.05) is 73.3 Å². The molecule has 0 atom stereocenters. The maximum Gasteiger partial charge on any atom is 0.410 e. The summed E-state index contributed by atoms with van der Waals surface area (Å²) in [5.41, 5.74) is 1.55. The van der Waals surface area contributed by atoms with E-state index in [1.165, 1.54) is 10.9 Å². The van der Waals surface area contributed by atoms with Crippen LogP contribution >= 0.6 is 0 Å². The van der Waals surface area contributed by atoms with E-state index in [-0.39, 0.29) is 19.2 Å². The number of hydrogen-bond donors (Lipinski definition) is 0. The van der Waals surface area contributed by atoms with E-state index in [1.54, 1.807) is 15.9 Å². The van der Waals surface area contributed by atoms with Gasteiger partial charge in [-0.2, -0.15) is 0 Å². The summed E-state index contributed by atoms with van der Waals surface area (Å²) in [4.78, 5) is 32.0. The summed E-state index contributed by atoms with van der Waals surface area (Å²) in [6.07, 6.45) is 0.923. The van der Waals surface area contributed by atoms with E-state index in [1.807, 2.05) is 57.2 Å². The van der Waals surface area contributed by atoms with Crippen molar-refractivity contribution in [3.05, 3.63) is 103 Å². The largest absolute Gasteiger partial charge is 0.490 e. The van der Waals surface area contributed by atoms with Crippen molar-refractivity contribution in [1.29, 1.82) is 0 Å². The third-order valence-electron chi connectivity index (χ3n) is 7.78. The van der Waals surface area contributed by atoms with E-state index in [4.69, 9.17) is 14.2 Å². The van der Waals surface area contributed by atoms with Gasteiger partial charge in [0.2, 0.25) is 0 Å². The molecular weight excluding hydrogens is 566 g/mol. The van der Waals surface area contributed by atoms with E-state index < -0.39 is 11.7 Å². The van der Waals surface area contributed by atoms with E-state index in [0.29, 0.717) is 26.2 Å². The Morgan fingerprint density at radius 2 is 1.56 bits per heavy atom. The molecule has 0 N–H and O–H groups in total. The number of nitrogens with zero attached hydrogens (tertiary/aromatic N) is 3. The van der Waals surface area contributed by atoms with Crippen molar-refractivity contribution >= 4 is 33.7 Å². The van der Waals surface area contributed by atoms with Gasteiger partial charge in [0, 0.05) is 39.3 Å². The standard InChI is InChI=1S/C37H43N3O5/c1-5-23-43-31-16-14-28(15-17-31)26-38-18-20-39(21-19-38)35(41)44-24-22-40(36(42)45-37(2,3)4)27-30-25-29-10-6-7-11-32(29)34-13-9-8-12-33(30)34/h5-17,25H,1,18-24,26-27H2,2-4H3. The zero-order valence-electron chi connectivity index (χ0n) is 26.5. The van der Waals surface area contributed by atoms with Crippen molar-refractivity contribution in [2.24, 2.45) is 0 Å². The van der Waals surface area contributed by atoms with Crippen molar-refractivity contribution in [3.8, 4) is 5.75 Å². The van der Waals surface area contributed by atoms with Gasteiger partial charge in [-0.25, -0.2) is 9.59 Å². The van der Waals surface area contributed by atoms with E-state index in [9.17, 15) is 9.59 Å². The third-order valence-corrected chi connectivity index (χ3v) is 7.78. The lowest BCUT2D eigenvalue weighted by Gasteiger charge is -2.34. The summed E-state index contributed by atoms with van der Waals surface area (Å²) in [5.74, 6) is 0.821. The van der Waals surface area contributed by atoms with E-state index in [2.05, 4.69) is 53.9 Å². The van der Waals surface area contributed by atoms with E-state index >= 15 is 0 Å². The van der Waals surface area contributed by atoms with Crippen LogP contribution in [0.15, 0.2) is 91.5 Å². The highest BCUT2D eigenvalue weighted by Gasteiger charge is 2.25. The van der Waals surface area contributed by atoms with Crippen molar-refractivity contribution in [1.82, 2.24) is 14.7 Å². The number of ether oxygens (including phenoxy) is 3. The highest BCUT2D eigenvalue weighted by atomic mass is 16.6. The predicted molar refractivity (Wildman–Crippen MR) is 178 cm³/mol. The van der Waals surface area contributed by atoms with Gasteiger partial charge < -0.3 is 24.0 Å². The molecule has 0 aromatic heterocycles. The van der Waals surface area contributed by atoms with Gasteiger partial charge in [0.15, 0.2) is 0 Å². The molecule has 1 fully saturated rings. The molecule has 2 amide bonds. The zero-order chi connectivity index (χ0) is 31.8. The molecule has 1 saturated heterocycles. The van der Waals surface area contributed by atoms with Crippen molar-refractivity contribution < 1.29 is 23.8 Å². The first kappa shape index (κ1) is 31.9. The quantitative estimate of drug-likeness (QED) is 0.139. The van der Waals surface area contributed by atoms with Gasteiger partial charge in [-0.3, -0.25) is 4.90 Å². The van der Waals surface area contributed by atoms with E-state index in [0.717, 1.165) is 47.1 Å². The molecule has 1 aliphatic rings. The number of fused-ring (bicyclic) bond motifs is 3. The fraction of sp³-hybridized carbons (Fsp3) is 0.351. The SMILES string of the molecule is C=CCOc1ccc(CN2CCN(C(=O)OCCN(Cc3cc4ccccc4c4ccccc34)C(=O)OC(C)(C)C)CC2)cc1. The molecule has 0 bridgehead atoms. The van der Waals surface area contributed by atoms with Crippen LogP contribution in [0.4, 0.5) is 9.59 Å². The van der Waals surface area contributed by atoms with Gasteiger partial charge in [0.05, 0.1) is 6.54 Å². The Morgan fingerprint density at radius 3 is 2.24 bits per heavy atom. The van der Waals surface area contributed by atoms with Crippen LogP contribution in [0.5, 0.6) is 5.75 Å². The van der Waals surface area contributed by atoms with Gasteiger partial charge in [0.1, 0.15) is 24.6 Å². The minimum atomic E-state index is -0.654. The number of hydrogen-bond acceptors (Lipinski definition) is 6. The minimum Gasteiger partial charge on any atom is -0.490 e. The Hall–Kier alpha value is -4.56. The number of carbonyl (C=O) groups is 2. The topological polar surface area (TPSA) is 71.6 Å². The van der Waals surface area contributed by atoms with Crippen LogP contribution < -0.4 is 4.74 Å². The average Bonchev–Trinajstić information content (AvgIpc) is 3.03. The highest BCUT2D eigenvalue weighted by Crippen LogP contribution is 2.30. The molecular formula is C37H43N3O5. The molecule has 8 heteroatoms. The van der Waals surface area contributed by atoms with Crippen LogP contribution in [0.1, 0.15) is 31.9 Å². The summed E-state index contributed by atoms with van der Waals surface area (Å²) < 4.78 is 17.0. The molecule has 8 nitrogen and oxygen atoms in total. The number of benzene rings is 4. The summed E-state index contributed by atoms with van der Waals surface area (Å²) in [5, 5.41) is 4.49. The summed E-state index contributed by atoms with van der Waals surface area (Å²) in [7, 11) is 0. The second-order valence-corrected chi connectivity index (χ2v) is 12.3.